The van der Waals surface area contributed by atoms with Crippen molar-refractivity contribution in [3.63, 3.8) is 0 Å². The van der Waals surface area contributed by atoms with E-state index in [1.165, 1.54) is 6.42 Å². The Labute approximate surface area is 177 Å². The summed E-state index contributed by atoms with van der Waals surface area (Å²) in [5.74, 6) is -0.556. The summed E-state index contributed by atoms with van der Waals surface area (Å²) in [6.45, 7) is 1.68. The number of rotatable bonds is 3. The third-order valence-corrected chi connectivity index (χ3v) is 5.48. The highest BCUT2D eigenvalue weighted by Gasteiger charge is 2.35. The Morgan fingerprint density at radius 1 is 1.14 bits per heavy atom. The SMILES string of the molecule is Nc1nc(N2CCCCC2)nc2c1[C@@H](C(=O)Nc1cc(Cl)cc(Cl)c1)CC(=O)N2. The molecule has 2 aliphatic rings. The molecule has 0 radical (unpaired) electrons. The van der Waals surface area contributed by atoms with Crippen LogP contribution in [-0.2, 0) is 9.59 Å². The maximum Gasteiger partial charge on any atom is 0.232 e. The summed E-state index contributed by atoms with van der Waals surface area (Å²) in [6.07, 6.45) is 3.23. The molecule has 0 aliphatic carbocycles. The van der Waals surface area contributed by atoms with Crippen LogP contribution in [0.2, 0.25) is 10.0 Å². The number of hydrogen-bond acceptors (Lipinski definition) is 6. The molecular weight excluding hydrogens is 415 g/mol. The number of nitrogens with two attached hydrogens (primary N) is 1. The van der Waals surface area contributed by atoms with Crippen molar-refractivity contribution in [2.75, 3.05) is 34.4 Å². The number of amides is 2. The maximum atomic E-state index is 12.9. The van der Waals surface area contributed by atoms with Gasteiger partial charge in [0.15, 0.2) is 0 Å². The van der Waals surface area contributed by atoms with Crippen LogP contribution in [0.5, 0.6) is 0 Å². The van der Waals surface area contributed by atoms with Crippen molar-refractivity contribution < 1.29 is 9.59 Å². The zero-order valence-electron chi connectivity index (χ0n) is 15.5. The first kappa shape index (κ1) is 19.7. The number of aromatic nitrogens is 2. The number of anilines is 4. The molecule has 152 valence electrons. The van der Waals surface area contributed by atoms with E-state index in [0.29, 0.717) is 33.1 Å². The van der Waals surface area contributed by atoms with Crippen LogP contribution < -0.4 is 21.3 Å². The molecule has 1 atom stereocenters. The fourth-order valence-corrected chi connectivity index (χ4v) is 4.22. The molecule has 29 heavy (non-hydrogen) atoms. The Morgan fingerprint density at radius 2 is 1.83 bits per heavy atom. The lowest BCUT2D eigenvalue weighted by Gasteiger charge is -2.30. The number of benzene rings is 1. The van der Waals surface area contributed by atoms with Gasteiger partial charge in [0.05, 0.1) is 11.5 Å². The number of nitrogens with zero attached hydrogens (tertiary/aromatic N) is 3. The topological polar surface area (TPSA) is 113 Å². The predicted molar refractivity (Wildman–Crippen MR) is 114 cm³/mol. The van der Waals surface area contributed by atoms with Gasteiger partial charge in [-0.25, -0.2) is 0 Å². The Kier molecular flexibility index (Phi) is 5.47. The van der Waals surface area contributed by atoms with Crippen LogP contribution in [0.15, 0.2) is 18.2 Å². The number of piperidine rings is 1. The highest BCUT2D eigenvalue weighted by Crippen LogP contribution is 2.37. The van der Waals surface area contributed by atoms with E-state index in [4.69, 9.17) is 28.9 Å². The van der Waals surface area contributed by atoms with E-state index >= 15 is 0 Å². The van der Waals surface area contributed by atoms with Crippen molar-refractivity contribution in [3.05, 3.63) is 33.8 Å². The van der Waals surface area contributed by atoms with Crippen LogP contribution in [0, 0.1) is 0 Å². The van der Waals surface area contributed by atoms with Gasteiger partial charge >= 0.3 is 0 Å². The highest BCUT2D eigenvalue weighted by atomic mass is 35.5. The first-order chi connectivity index (χ1) is 13.9. The smallest absolute Gasteiger partial charge is 0.232 e. The van der Waals surface area contributed by atoms with Gasteiger partial charge in [-0.2, -0.15) is 9.97 Å². The van der Waals surface area contributed by atoms with Crippen molar-refractivity contribution in [3.8, 4) is 0 Å². The first-order valence-electron chi connectivity index (χ1n) is 9.40. The van der Waals surface area contributed by atoms with Crippen molar-refractivity contribution in [1.82, 2.24) is 9.97 Å². The van der Waals surface area contributed by atoms with Crippen LogP contribution in [0.25, 0.3) is 0 Å². The van der Waals surface area contributed by atoms with E-state index in [9.17, 15) is 9.59 Å². The van der Waals surface area contributed by atoms with Crippen LogP contribution in [-0.4, -0.2) is 34.9 Å². The number of carbonyl (C=O) groups excluding carboxylic acids is 2. The second kappa shape index (κ2) is 8.04. The minimum Gasteiger partial charge on any atom is -0.383 e. The molecule has 2 aliphatic heterocycles. The van der Waals surface area contributed by atoms with Crippen molar-refractivity contribution in [2.45, 2.75) is 31.6 Å². The predicted octanol–water partition coefficient (Wildman–Crippen LogP) is 3.42. The van der Waals surface area contributed by atoms with E-state index in [0.717, 1.165) is 25.9 Å². The summed E-state index contributed by atoms with van der Waals surface area (Å²) >= 11 is 12.0. The zero-order valence-corrected chi connectivity index (χ0v) is 17.1. The Hall–Kier alpha value is -2.58. The minimum atomic E-state index is -0.813. The van der Waals surface area contributed by atoms with Gasteiger partial charge < -0.3 is 21.3 Å². The van der Waals surface area contributed by atoms with Gasteiger partial charge in [0.25, 0.3) is 0 Å². The molecule has 1 fully saturated rings. The van der Waals surface area contributed by atoms with Crippen molar-refractivity contribution >= 4 is 58.3 Å². The van der Waals surface area contributed by atoms with E-state index in [1.54, 1.807) is 18.2 Å². The zero-order chi connectivity index (χ0) is 20.5. The summed E-state index contributed by atoms with van der Waals surface area (Å²) in [5, 5.41) is 6.26. The molecule has 0 spiro atoms. The number of nitrogens with one attached hydrogen (secondary N) is 2. The first-order valence-corrected chi connectivity index (χ1v) is 10.2. The van der Waals surface area contributed by atoms with Gasteiger partial charge in [-0.15, -0.1) is 0 Å². The highest BCUT2D eigenvalue weighted by molar-refractivity contribution is 6.35. The number of fused-ring (bicyclic) bond motifs is 1. The van der Waals surface area contributed by atoms with Crippen LogP contribution >= 0.6 is 23.2 Å². The molecule has 8 nitrogen and oxygen atoms in total. The molecule has 0 bridgehead atoms. The Bertz CT molecular complexity index is 957. The average molecular weight is 435 g/mol. The molecular formula is C19H20Cl2N6O2. The van der Waals surface area contributed by atoms with Gasteiger partial charge in [-0.3, -0.25) is 9.59 Å². The fraction of sp³-hybridized carbons (Fsp3) is 0.368. The molecule has 3 heterocycles. The van der Waals surface area contributed by atoms with Crippen LogP contribution in [0.1, 0.15) is 37.2 Å². The Balaban J connectivity index is 1.64. The largest absolute Gasteiger partial charge is 0.383 e. The van der Waals surface area contributed by atoms with Gasteiger partial charge in [0.2, 0.25) is 17.8 Å². The molecule has 4 N–H and O–H groups in total. The van der Waals surface area contributed by atoms with Crippen LogP contribution in [0.3, 0.4) is 0 Å². The lowest BCUT2D eigenvalue weighted by molar-refractivity contribution is -0.123. The minimum absolute atomic E-state index is 0.0518. The van der Waals surface area contributed by atoms with E-state index < -0.39 is 11.8 Å². The molecule has 1 aromatic carbocycles. The molecule has 0 saturated carbocycles. The summed E-state index contributed by atoms with van der Waals surface area (Å²) < 4.78 is 0. The summed E-state index contributed by atoms with van der Waals surface area (Å²) in [6, 6.07) is 4.72. The lowest BCUT2D eigenvalue weighted by Crippen LogP contribution is -2.35. The monoisotopic (exact) mass is 434 g/mol. The third kappa shape index (κ3) is 4.23. The van der Waals surface area contributed by atoms with Gasteiger partial charge in [-0.1, -0.05) is 23.2 Å². The summed E-state index contributed by atoms with van der Waals surface area (Å²) in [4.78, 5) is 36.2. The Morgan fingerprint density at radius 3 is 2.52 bits per heavy atom. The van der Waals surface area contributed by atoms with Gasteiger partial charge in [-0.05, 0) is 37.5 Å². The van der Waals surface area contributed by atoms with Gasteiger partial charge in [0.1, 0.15) is 11.6 Å². The number of nitrogen functional groups attached to an aromatic ring is 1. The number of carbonyl (C=O) groups is 2. The molecule has 2 aromatic rings. The standard InChI is InChI=1S/C19H20Cl2N6O2/c20-10-6-11(21)8-12(7-10)23-18(29)13-9-14(28)24-17-15(13)16(22)25-19(26-17)27-4-2-1-3-5-27/h6-8,13H,1-5,9H2,(H,23,29)(H3,22,24,25,26,28)/t13-/m0/s1. The molecule has 2 amide bonds. The average Bonchev–Trinajstić information content (AvgIpc) is 2.66. The molecule has 10 heteroatoms. The molecule has 1 saturated heterocycles. The van der Waals surface area contributed by atoms with Crippen molar-refractivity contribution in [1.29, 1.82) is 0 Å². The second-order valence-corrected chi connectivity index (χ2v) is 8.04. The molecule has 1 aromatic heterocycles. The summed E-state index contributed by atoms with van der Waals surface area (Å²) in [7, 11) is 0. The fourth-order valence-electron chi connectivity index (χ4n) is 3.70. The lowest BCUT2D eigenvalue weighted by atomic mass is 9.92. The number of halogens is 2. The number of hydrogen-bond donors (Lipinski definition) is 3. The second-order valence-electron chi connectivity index (χ2n) is 7.17. The molecule has 0 unspecified atom stereocenters. The normalized spacial score (nSPS) is 18.8. The molecule has 4 rings (SSSR count). The third-order valence-electron chi connectivity index (χ3n) is 5.04. The van der Waals surface area contributed by atoms with Crippen LogP contribution in [0.4, 0.5) is 23.3 Å². The van der Waals surface area contributed by atoms with E-state index in [2.05, 4.69) is 20.6 Å². The van der Waals surface area contributed by atoms with E-state index in [1.807, 2.05) is 4.90 Å². The maximum absolute atomic E-state index is 12.9. The van der Waals surface area contributed by atoms with Gasteiger partial charge in [0, 0.05) is 35.2 Å². The quantitative estimate of drug-likeness (QED) is 0.681. The van der Waals surface area contributed by atoms with Crippen molar-refractivity contribution in [2.24, 2.45) is 0 Å². The summed E-state index contributed by atoms with van der Waals surface area (Å²) in [5.41, 5.74) is 7.07. The van der Waals surface area contributed by atoms with E-state index in [-0.39, 0.29) is 18.1 Å².